The molecular formula is C17H33N3O5. The average Bonchev–Trinajstić information content (AvgIpc) is 2.48. The van der Waals surface area contributed by atoms with Crippen LogP contribution in [0.5, 0.6) is 0 Å². The normalized spacial score (nSPS) is 12.5. The Morgan fingerprint density at radius 1 is 1.16 bits per heavy atom. The molecule has 0 aliphatic rings. The lowest BCUT2D eigenvalue weighted by Crippen LogP contribution is -2.46. The highest BCUT2D eigenvalue weighted by Crippen LogP contribution is 2.08. The molecule has 0 aromatic heterocycles. The van der Waals surface area contributed by atoms with E-state index in [0.717, 1.165) is 0 Å². The largest absolute Gasteiger partial charge is 0.465 e. The Balaban J connectivity index is 4.24. The van der Waals surface area contributed by atoms with Crippen molar-refractivity contribution >= 4 is 18.0 Å². The number of carbonyl (C=O) groups excluding carboxylic acids is 3. The van der Waals surface area contributed by atoms with Crippen LogP contribution in [0, 0.1) is 5.92 Å². The molecule has 0 saturated heterocycles. The third-order valence-electron chi connectivity index (χ3n) is 3.07. The molecule has 0 aliphatic carbocycles. The molecule has 8 heteroatoms. The molecule has 25 heavy (non-hydrogen) atoms. The van der Waals surface area contributed by atoms with Gasteiger partial charge in [-0.15, -0.1) is 0 Å². The van der Waals surface area contributed by atoms with Crippen molar-refractivity contribution in [2.45, 2.75) is 52.7 Å². The molecule has 0 aromatic rings. The molecule has 0 fully saturated rings. The number of hydrogen-bond acceptors (Lipinski definition) is 6. The first kappa shape index (κ1) is 23.2. The van der Waals surface area contributed by atoms with Gasteiger partial charge in [-0.25, -0.2) is 4.79 Å². The van der Waals surface area contributed by atoms with Gasteiger partial charge >= 0.3 is 12.1 Å². The summed E-state index contributed by atoms with van der Waals surface area (Å²) < 4.78 is 10.3. The zero-order valence-corrected chi connectivity index (χ0v) is 16.5. The van der Waals surface area contributed by atoms with Crippen molar-refractivity contribution in [1.82, 2.24) is 15.5 Å². The first-order chi connectivity index (χ1) is 11.5. The highest BCUT2D eigenvalue weighted by molar-refractivity contribution is 5.86. The maximum absolute atomic E-state index is 12.1. The van der Waals surface area contributed by atoms with Gasteiger partial charge in [-0.2, -0.15) is 0 Å². The molecule has 146 valence electrons. The van der Waals surface area contributed by atoms with Crippen LogP contribution in [-0.4, -0.2) is 68.3 Å². The van der Waals surface area contributed by atoms with E-state index in [1.54, 1.807) is 34.9 Å². The summed E-state index contributed by atoms with van der Waals surface area (Å²) in [6, 6.07) is -0.675. The van der Waals surface area contributed by atoms with E-state index in [1.807, 2.05) is 13.8 Å². The molecular weight excluding hydrogens is 326 g/mol. The van der Waals surface area contributed by atoms with Crippen LogP contribution >= 0.6 is 0 Å². The fourth-order valence-electron chi connectivity index (χ4n) is 1.71. The molecule has 0 aliphatic heterocycles. The molecule has 0 radical (unpaired) electrons. The van der Waals surface area contributed by atoms with Crippen molar-refractivity contribution in [2.24, 2.45) is 5.92 Å². The molecule has 0 saturated carbocycles. The lowest BCUT2D eigenvalue weighted by Gasteiger charge is -2.25. The molecule has 2 N–H and O–H groups in total. The summed E-state index contributed by atoms with van der Waals surface area (Å²) in [7, 11) is 3.20. The molecule has 0 heterocycles. The number of nitrogens with one attached hydrogen (secondary N) is 2. The van der Waals surface area contributed by atoms with Crippen LogP contribution in [0.15, 0.2) is 0 Å². The van der Waals surface area contributed by atoms with Crippen LogP contribution < -0.4 is 10.6 Å². The van der Waals surface area contributed by atoms with Gasteiger partial charge in [0.2, 0.25) is 5.91 Å². The fourth-order valence-corrected chi connectivity index (χ4v) is 1.71. The van der Waals surface area contributed by atoms with Gasteiger partial charge in [0.05, 0.1) is 19.1 Å². The maximum atomic E-state index is 12.1. The third kappa shape index (κ3) is 11.4. The quantitative estimate of drug-likeness (QED) is 0.600. The number of likely N-dealkylation sites (N-methyl/N-ethyl adjacent to an activating group) is 2. The molecule has 0 spiro atoms. The second-order valence-electron chi connectivity index (χ2n) is 7.32. The Bertz CT molecular complexity index is 446. The van der Waals surface area contributed by atoms with Crippen LogP contribution in [-0.2, 0) is 19.1 Å². The van der Waals surface area contributed by atoms with Crippen molar-refractivity contribution in [2.75, 3.05) is 33.8 Å². The molecule has 2 amide bonds. The molecule has 0 bridgehead atoms. The summed E-state index contributed by atoms with van der Waals surface area (Å²) in [6.07, 6.45) is -0.499. The number of esters is 1. The fraction of sp³-hybridized carbons (Fsp3) is 0.824. The second kappa shape index (κ2) is 10.9. The summed E-state index contributed by atoms with van der Waals surface area (Å²) in [5.74, 6) is -0.495. The van der Waals surface area contributed by atoms with E-state index in [4.69, 9.17) is 9.47 Å². The monoisotopic (exact) mass is 359 g/mol. The first-order valence-electron chi connectivity index (χ1n) is 8.51. The van der Waals surface area contributed by atoms with Crippen LogP contribution in [0.1, 0.15) is 41.0 Å². The first-order valence-corrected chi connectivity index (χ1v) is 8.51. The van der Waals surface area contributed by atoms with Gasteiger partial charge in [0.25, 0.3) is 0 Å². The lowest BCUT2D eigenvalue weighted by molar-refractivity contribution is -0.146. The predicted molar refractivity (Wildman–Crippen MR) is 95.1 cm³/mol. The molecule has 8 nitrogen and oxygen atoms in total. The van der Waals surface area contributed by atoms with Crippen molar-refractivity contribution in [3.63, 3.8) is 0 Å². The van der Waals surface area contributed by atoms with Gasteiger partial charge in [0.15, 0.2) is 0 Å². The van der Waals surface area contributed by atoms with Gasteiger partial charge in [0.1, 0.15) is 5.60 Å². The Morgan fingerprint density at radius 3 is 2.24 bits per heavy atom. The van der Waals surface area contributed by atoms with E-state index < -0.39 is 23.7 Å². The van der Waals surface area contributed by atoms with Crippen LogP contribution in [0.2, 0.25) is 0 Å². The smallest absolute Gasteiger partial charge is 0.410 e. The van der Waals surface area contributed by atoms with E-state index >= 15 is 0 Å². The Hall–Kier alpha value is -1.83. The average molecular weight is 359 g/mol. The topological polar surface area (TPSA) is 97.0 Å². The van der Waals surface area contributed by atoms with Crippen LogP contribution in [0.25, 0.3) is 0 Å². The van der Waals surface area contributed by atoms with E-state index in [0.29, 0.717) is 13.2 Å². The minimum atomic E-state index is -0.675. The van der Waals surface area contributed by atoms with Crippen molar-refractivity contribution in [1.29, 1.82) is 0 Å². The van der Waals surface area contributed by atoms with Gasteiger partial charge in [-0.3, -0.25) is 9.59 Å². The molecule has 0 rings (SSSR count). The SMILES string of the molecule is CN[C@@H](CC(=O)OCC(C)C)C(=O)NCCN(C)C(=O)OC(C)(C)C. The van der Waals surface area contributed by atoms with Gasteiger partial charge < -0.3 is 25.0 Å². The lowest BCUT2D eigenvalue weighted by atomic mass is 10.2. The Labute approximate surface area is 150 Å². The highest BCUT2D eigenvalue weighted by Gasteiger charge is 2.22. The van der Waals surface area contributed by atoms with Crippen LogP contribution in [0.4, 0.5) is 4.79 Å². The summed E-state index contributed by atoms with van der Waals surface area (Å²) in [5, 5.41) is 5.49. The van der Waals surface area contributed by atoms with Crippen molar-refractivity contribution in [3.05, 3.63) is 0 Å². The number of hydrogen-bond donors (Lipinski definition) is 2. The highest BCUT2D eigenvalue weighted by atomic mass is 16.6. The number of carbonyl (C=O) groups is 3. The summed E-state index contributed by atoms with van der Waals surface area (Å²) in [5.41, 5.74) is -0.567. The van der Waals surface area contributed by atoms with E-state index in [1.165, 1.54) is 4.90 Å². The van der Waals surface area contributed by atoms with Gasteiger partial charge in [0, 0.05) is 20.1 Å². The summed E-state index contributed by atoms with van der Waals surface area (Å²) in [4.78, 5) is 37.0. The third-order valence-corrected chi connectivity index (χ3v) is 3.07. The van der Waals surface area contributed by atoms with E-state index in [2.05, 4.69) is 10.6 Å². The van der Waals surface area contributed by atoms with Crippen LogP contribution in [0.3, 0.4) is 0 Å². The zero-order valence-electron chi connectivity index (χ0n) is 16.5. The second-order valence-corrected chi connectivity index (χ2v) is 7.32. The van der Waals surface area contributed by atoms with E-state index in [-0.39, 0.29) is 24.8 Å². The maximum Gasteiger partial charge on any atom is 0.410 e. The van der Waals surface area contributed by atoms with Gasteiger partial charge in [-0.05, 0) is 33.7 Å². The molecule has 0 aromatic carbocycles. The predicted octanol–water partition coefficient (Wildman–Crippen LogP) is 1.15. The number of ether oxygens (including phenoxy) is 2. The summed E-state index contributed by atoms with van der Waals surface area (Å²) >= 11 is 0. The Morgan fingerprint density at radius 2 is 1.76 bits per heavy atom. The Kier molecular flexibility index (Phi) is 10.1. The van der Waals surface area contributed by atoms with E-state index in [9.17, 15) is 14.4 Å². The minimum Gasteiger partial charge on any atom is -0.465 e. The zero-order chi connectivity index (χ0) is 19.6. The molecule has 1 atom stereocenters. The standard InChI is InChI=1S/C17H33N3O5/c1-12(2)11-24-14(21)10-13(18-6)15(22)19-8-9-20(7)16(23)25-17(3,4)5/h12-13,18H,8-11H2,1-7H3,(H,19,22)/t13-/m0/s1. The van der Waals surface area contributed by atoms with Crippen molar-refractivity contribution in [3.8, 4) is 0 Å². The molecule has 0 unspecified atom stereocenters. The summed E-state index contributed by atoms with van der Waals surface area (Å²) in [6.45, 7) is 10.1. The minimum absolute atomic E-state index is 0.0447. The number of amides is 2. The van der Waals surface area contributed by atoms with Gasteiger partial charge in [-0.1, -0.05) is 13.8 Å². The van der Waals surface area contributed by atoms with Crippen molar-refractivity contribution < 1.29 is 23.9 Å². The number of nitrogens with zero attached hydrogens (tertiary/aromatic N) is 1. The number of rotatable bonds is 9.